The zero-order valence-electron chi connectivity index (χ0n) is 8.86. The molecule has 74 valence electrons. The highest BCUT2D eigenvalue weighted by Gasteiger charge is 2.01. The van der Waals surface area contributed by atoms with E-state index in [4.69, 9.17) is 5.26 Å². The predicted octanol–water partition coefficient (Wildman–Crippen LogP) is 1.28. The predicted molar refractivity (Wildman–Crippen MR) is 62.4 cm³/mol. The molecule has 1 aromatic heterocycles. The summed E-state index contributed by atoms with van der Waals surface area (Å²) in [6.07, 6.45) is 3.64. The molecule has 0 saturated heterocycles. The minimum absolute atomic E-state index is 1.01. The summed E-state index contributed by atoms with van der Waals surface area (Å²) in [4.78, 5) is 0. The van der Waals surface area contributed by atoms with E-state index in [0.717, 1.165) is 21.5 Å². The molecule has 15 heavy (non-hydrogen) atoms. The van der Waals surface area contributed by atoms with Crippen LogP contribution in [0.3, 0.4) is 0 Å². The lowest BCUT2D eigenvalue weighted by molar-refractivity contribution is 0.924. The summed E-state index contributed by atoms with van der Waals surface area (Å²) in [5.74, 6) is 0. The summed E-state index contributed by atoms with van der Waals surface area (Å²) >= 11 is 0. The quantitative estimate of drug-likeness (QED) is 0.624. The number of para-hydroxylation sites is 1. The Morgan fingerprint density at radius 3 is 2.73 bits per heavy atom. The molecule has 0 aliphatic rings. The van der Waals surface area contributed by atoms with Crippen molar-refractivity contribution in [2.45, 2.75) is 6.92 Å². The molecule has 0 N–H and O–H groups in total. The molecule has 0 saturated carbocycles. The van der Waals surface area contributed by atoms with Crippen LogP contribution < -0.4 is 10.6 Å². The highest BCUT2D eigenvalue weighted by molar-refractivity contribution is 5.82. The number of fused-ring (bicyclic) bond motifs is 1. The van der Waals surface area contributed by atoms with Crippen LogP contribution in [-0.4, -0.2) is 4.57 Å². The average molecular weight is 196 g/mol. The number of aromatic nitrogens is 1. The number of aryl methyl sites for hydroxylation is 1. The first-order chi connectivity index (χ1) is 7.29. The maximum Gasteiger partial charge on any atom is 0.0919 e. The third-order valence-corrected chi connectivity index (χ3v) is 2.68. The van der Waals surface area contributed by atoms with E-state index < -0.39 is 0 Å². The van der Waals surface area contributed by atoms with Gasteiger partial charge in [0, 0.05) is 34.6 Å². The van der Waals surface area contributed by atoms with Gasteiger partial charge in [0.25, 0.3) is 0 Å². The molecule has 2 rings (SSSR count). The Balaban J connectivity index is 3.15. The van der Waals surface area contributed by atoms with Crippen LogP contribution in [0.1, 0.15) is 6.92 Å². The lowest BCUT2D eigenvalue weighted by atomic mass is 10.2. The third kappa shape index (κ3) is 1.33. The van der Waals surface area contributed by atoms with Gasteiger partial charge in [0.05, 0.1) is 6.07 Å². The number of benzene rings is 1. The highest BCUT2D eigenvalue weighted by atomic mass is 14.9. The highest BCUT2D eigenvalue weighted by Crippen LogP contribution is 2.06. The molecule has 1 aromatic carbocycles. The van der Waals surface area contributed by atoms with Gasteiger partial charge in [-0.2, -0.15) is 5.26 Å². The molecule has 0 aliphatic carbocycles. The normalized spacial score (nSPS) is 13.4. The van der Waals surface area contributed by atoms with Crippen LogP contribution in [0.15, 0.2) is 24.3 Å². The average Bonchev–Trinajstić information content (AvgIpc) is 2.54. The van der Waals surface area contributed by atoms with Crippen LogP contribution >= 0.6 is 0 Å². The van der Waals surface area contributed by atoms with Gasteiger partial charge in [0.1, 0.15) is 0 Å². The van der Waals surface area contributed by atoms with Crippen molar-refractivity contribution in [2.24, 2.45) is 7.05 Å². The SMILES string of the molecule is C/C=c1/c(=C\C#N)c2ccccc2n1C. The molecule has 0 aliphatic heterocycles. The Hall–Kier alpha value is -2.01. The van der Waals surface area contributed by atoms with Crippen LogP contribution in [-0.2, 0) is 7.05 Å². The lowest BCUT2D eigenvalue weighted by Crippen LogP contribution is -2.27. The van der Waals surface area contributed by atoms with E-state index in [1.165, 1.54) is 0 Å². The molecule has 0 amide bonds. The Bertz CT molecular complexity index is 654. The second-order valence-corrected chi connectivity index (χ2v) is 3.44. The number of nitriles is 1. The van der Waals surface area contributed by atoms with Crippen molar-refractivity contribution in [2.75, 3.05) is 0 Å². The van der Waals surface area contributed by atoms with Crippen LogP contribution in [0, 0.1) is 11.3 Å². The van der Waals surface area contributed by atoms with E-state index in [2.05, 4.69) is 16.7 Å². The van der Waals surface area contributed by atoms with Crippen molar-refractivity contribution in [3.05, 3.63) is 34.8 Å². The van der Waals surface area contributed by atoms with Crippen LogP contribution in [0.4, 0.5) is 0 Å². The fourth-order valence-electron chi connectivity index (χ4n) is 2.01. The number of hydrogen-bond donors (Lipinski definition) is 0. The first-order valence-electron chi connectivity index (χ1n) is 4.89. The summed E-state index contributed by atoms with van der Waals surface area (Å²) in [6, 6.07) is 10.2. The monoisotopic (exact) mass is 196 g/mol. The van der Waals surface area contributed by atoms with Crippen molar-refractivity contribution in [1.82, 2.24) is 4.57 Å². The summed E-state index contributed by atoms with van der Waals surface area (Å²) < 4.78 is 2.11. The Morgan fingerprint density at radius 2 is 2.07 bits per heavy atom. The van der Waals surface area contributed by atoms with Gasteiger partial charge in [-0.05, 0) is 13.0 Å². The molecule has 0 radical (unpaired) electrons. The zero-order valence-corrected chi connectivity index (χ0v) is 8.86. The zero-order chi connectivity index (χ0) is 10.8. The van der Waals surface area contributed by atoms with Gasteiger partial charge in [-0.15, -0.1) is 0 Å². The van der Waals surface area contributed by atoms with Gasteiger partial charge in [0.15, 0.2) is 0 Å². The maximum atomic E-state index is 8.78. The minimum Gasteiger partial charge on any atom is -0.344 e. The molecule has 2 heteroatoms. The fourth-order valence-corrected chi connectivity index (χ4v) is 2.01. The van der Waals surface area contributed by atoms with Gasteiger partial charge < -0.3 is 4.57 Å². The molecule has 0 fully saturated rings. The van der Waals surface area contributed by atoms with Gasteiger partial charge in [-0.3, -0.25) is 0 Å². The van der Waals surface area contributed by atoms with E-state index in [1.807, 2.05) is 38.2 Å². The maximum absolute atomic E-state index is 8.78. The van der Waals surface area contributed by atoms with Crippen molar-refractivity contribution in [1.29, 1.82) is 5.26 Å². The Labute approximate surface area is 88.4 Å². The van der Waals surface area contributed by atoms with Crippen molar-refractivity contribution in [3.63, 3.8) is 0 Å². The summed E-state index contributed by atoms with van der Waals surface area (Å²) in [7, 11) is 2.02. The smallest absolute Gasteiger partial charge is 0.0919 e. The Morgan fingerprint density at radius 1 is 1.33 bits per heavy atom. The number of nitrogens with zero attached hydrogens (tertiary/aromatic N) is 2. The van der Waals surface area contributed by atoms with Crippen LogP contribution in [0.2, 0.25) is 0 Å². The molecular weight excluding hydrogens is 184 g/mol. The fraction of sp³-hybridized carbons (Fsp3) is 0.154. The van der Waals surface area contributed by atoms with Gasteiger partial charge in [0.2, 0.25) is 0 Å². The topological polar surface area (TPSA) is 28.7 Å². The standard InChI is InChI=1S/C13H12N2/c1-3-12-11(8-9-14)10-6-4-5-7-13(10)15(12)2/h3-8H,1-2H3/b11-8-,12-3-. The molecule has 2 aromatic rings. The van der Waals surface area contributed by atoms with E-state index in [1.54, 1.807) is 6.08 Å². The van der Waals surface area contributed by atoms with Gasteiger partial charge in [-0.1, -0.05) is 24.3 Å². The van der Waals surface area contributed by atoms with E-state index in [-0.39, 0.29) is 0 Å². The number of hydrogen-bond acceptors (Lipinski definition) is 1. The van der Waals surface area contributed by atoms with Crippen molar-refractivity contribution < 1.29 is 0 Å². The molecule has 2 nitrogen and oxygen atoms in total. The first-order valence-corrected chi connectivity index (χ1v) is 4.89. The van der Waals surface area contributed by atoms with Gasteiger partial charge >= 0.3 is 0 Å². The molecule has 0 spiro atoms. The first kappa shape index (κ1) is 9.54. The van der Waals surface area contributed by atoms with E-state index in [0.29, 0.717) is 0 Å². The third-order valence-electron chi connectivity index (χ3n) is 2.68. The lowest BCUT2D eigenvalue weighted by Gasteiger charge is -1.94. The van der Waals surface area contributed by atoms with Crippen molar-refractivity contribution in [3.8, 4) is 6.07 Å². The summed E-state index contributed by atoms with van der Waals surface area (Å²) in [5, 5.41) is 12.0. The largest absolute Gasteiger partial charge is 0.344 e. The molecular formula is C13H12N2. The minimum atomic E-state index is 1.01. The second-order valence-electron chi connectivity index (χ2n) is 3.44. The van der Waals surface area contributed by atoms with Crippen LogP contribution in [0.25, 0.3) is 23.1 Å². The van der Waals surface area contributed by atoms with Crippen LogP contribution in [0.5, 0.6) is 0 Å². The van der Waals surface area contributed by atoms with E-state index >= 15 is 0 Å². The summed E-state index contributed by atoms with van der Waals surface area (Å²) in [5.41, 5.74) is 1.16. The molecule has 0 bridgehead atoms. The number of rotatable bonds is 0. The molecule has 0 atom stereocenters. The molecule has 0 unspecified atom stereocenters. The molecule has 1 heterocycles. The van der Waals surface area contributed by atoms with Crippen molar-refractivity contribution >= 4 is 23.1 Å². The van der Waals surface area contributed by atoms with Gasteiger partial charge in [-0.25, -0.2) is 0 Å². The Kier molecular flexibility index (Phi) is 2.31. The summed E-state index contributed by atoms with van der Waals surface area (Å²) in [6.45, 7) is 1.99. The van der Waals surface area contributed by atoms with E-state index in [9.17, 15) is 0 Å². The second kappa shape index (κ2) is 3.62.